The van der Waals surface area contributed by atoms with Crippen molar-refractivity contribution in [1.29, 1.82) is 0 Å². The molecule has 1 aliphatic rings. The van der Waals surface area contributed by atoms with Gasteiger partial charge in [0, 0.05) is 10.9 Å². The fourth-order valence-electron chi connectivity index (χ4n) is 2.50. The summed E-state index contributed by atoms with van der Waals surface area (Å²) in [7, 11) is -3.01. The molecular weight excluding hydrogens is 334 g/mol. The Balaban J connectivity index is 1.68. The summed E-state index contributed by atoms with van der Waals surface area (Å²) in [5.41, 5.74) is 0.563. The summed E-state index contributed by atoms with van der Waals surface area (Å²) in [5.74, 6) is 1.42. The lowest BCUT2D eigenvalue weighted by Crippen LogP contribution is -2.35. The van der Waals surface area contributed by atoms with Crippen molar-refractivity contribution in [3.05, 3.63) is 54.0 Å². The van der Waals surface area contributed by atoms with Gasteiger partial charge in [-0.05, 0) is 30.7 Å². The Morgan fingerprint density at radius 2 is 2.09 bits per heavy atom. The number of carbonyl (C=O) groups is 1. The number of sulfone groups is 1. The molecule has 122 valence electrons. The summed E-state index contributed by atoms with van der Waals surface area (Å²) in [6.07, 6.45) is 2.10. The summed E-state index contributed by atoms with van der Waals surface area (Å²) in [6.45, 7) is 0. The molecule has 1 aromatic heterocycles. The van der Waals surface area contributed by atoms with Crippen molar-refractivity contribution in [2.24, 2.45) is 0 Å². The van der Waals surface area contributed by atoms with Crippen molar-refractivity contribution in [3.63, 3.8) is 0 Å². The number of hydrogen-bond acceptors (Lipinski definition) is 5. The molecule has 5 nitrogen and oxygen atoms in total. The molecule has 3 rings (SSSR count). The average Bonchev–Trinajstić information content (AvgIpc) is 3.15. The highest BCUT2D eigenvalue weighted by Gasteiger charge is 2.29. The monoisotopic (exact) mass is 351 g/mol. The zero-order chi connectivity index (χ0) is 16.3. The van der Waals surface area contributed by atoms with Crippen LogP contribution in [0.1, 0.15) is 22.5 Å². The van der Waals surface area contributed by atoms with Crippen molar-refractivity contribution in [2.75, 3.05) is 11.5 Å². The normalized spacial score (nSPS) is 19.6. The van der Waals surface area contributed by atoms with Crippen LogP contribution in [0.15, 0.2) is 52.0 Å². The molecule has 23 heavy (non-hydrogen) atoms. The van der Waals surface area contributed by atoms with Gasteiger partial charge in [0.1, 0.15) is 5.76 Å². The molecule has 2 aromatic rings. The maximum Gasteiger partial charge on any atom is 0.252 e. The lowest BCUT2D eigenvalue weighted by molar-refractivity contribution is 0.0938. The fourth-order valence-corrected chi connectivity index (χ4v) is 5.12. The molecule has 1 N–H and O–H groups in total. The van der Waals surface area contributed by atoms with Crippen molar-refractivity contribution >= 4 is 27.5 Å². The van der Waals surface area contributed by atoms with Crippen molar-refractivity contribution in [2.45, 2.75) is 23.1 Å². The van der Waals surface area contributed by atoms with E-state index in [1.54, 1.807) is 18.4 Å². The van der Waals surface area contributed by atoms with Gasteiger partial charge in [-0.2, -0.15) is 0 Å². The third kappa shape index (κ3) is 4.17. The Morgan fingerprint density at radius 1 is 1.26 bits per heavy atom. The number of furan rings is 1. The molecule has 1 fully saturated rings. The van der Waals surface area contributed by atoms with E-state index in [-0.39, 0.29) is 23.5 Å². The number of thioether (sulfide) groups is 1. The van der Waals surface area contributed by atoms with Crippen LogP contribution in [-0.2, 0) is 15.6 Å². The summed E-state index contributed by atoms with van der Waals surface area (Å²) < 4.78 is 28.3. The molecule has 1 atom stereocenters. The molecular formula is C16H17NO4S2. The van der Waals surface area contributed by atoms with Crippen LogP contribution in [0.4, 0.5) is 0 Å². The van der Waals surface area contributed by atoms with Gasteiger partial charge >= 0.3 is 0 Å². The molecule has 1 amide bonds. The fraction of sp³-hybridized carbons (Fsp3) is 0.312. The van der Waals surface area contributed by atoms with Gasteiger partial charge in [0.25, 0.3) is 5.91 Å². The molecule has 1 saturated heterocycles. The number of carbonyl (C=O) groups excluding carboxylic acids is 1. The second-order valence-electron chi connectivity index (χ2n) is 5.44. The summed E-state index contributed by atoms with van der Waals surface area (Å²) in [4.78, 5) is 13.3. The first kappa shape index (κ1) is 16.1. The predicted molar refractivity (Wildman–Crippen MR) is 89.2 cm³/mol. The largest absolute Gasteiger partial charge is 0.468 e. The lowest BCUT2D eigenvalue weighted by Gasteiger charge is -2.13. The first-order valence-electron chi connectivity index (χ1n) is 7.29. The Labute approximate surface area is 139 Å². The zero-order valence-corrected chi connectivity index (χ0v) is 14.0. The summed E-state index contributed by atoms with van der Waals surface area (Å²) >= 11 is 1.52. The molecule has 2 heterocycles. The van der Waals surface area contributed by atoms with E-state index in [1.165, 1.54) is 11.8 Å². The number of nitrogens with one attached hydrogen (secondary N) is 1. The third-order valence-electron chi connectivity index (χ3n) is 3.65. The molecule has 1 aliphatic heterocycles. The van der Waals surface area contributed by atoms with Crippen LogP contribution in [0.3, 0.4) is 0 Å². The van der Waals surface area contributed by atoms with Gasteiger partial charge in [-0.3, -0.25) is 4.79 Å². The first-order valence-corrected chi connectivity index (χ1v) is 10.1. The standard InChI is InChI=1S/C16H17NO4S2/c18-16(17-12-7-9-23(19,20)11-12)14-5-1-2-6-15(14)22-10-13-4-3-8-21-13/h1-6,8,12H,7,9-11H2,(H,17,18). The number of benzene rings is 1. The van der Waals surface area contributed by atoms with Crippen molar-refractivity contribution < 1.29 is 17.6 Å². The van der Waals surface area contributed by atoms with E-state index in [0.717, 1.165) is 10.7 Å². The molecule has 0 spiro atoms. The second-order valence-corrected chi connectivity index (χ2v) is 8.68. The Bertz CT molecular complexity index is 784. The van der Waals surface area contributed by atoms with Crippen LogP contribution in [0, 0.1) is 0 Å². The van der Waals surface area contributed by atoms with Gasteiger partial charge < -0.3 is 9.73 Å². The second kappa shape index (κ2) is 6.80. The van der Waals surface area contributed by atoms with Gasteiger partial charge in [0.05, 0.1) is 29.1 Å². The molecule has 1 aromatic carbocycles. The highest BCUT2D eigenvalue weighted by Crippen LogP contribution is 2.26. The van der Waals surface area contributed by atoms with Gasteiger partial charge in [-0.15, -0.1) is 11.8 Å². The maximum absolute atomic E-state index is 12.5. The van der Waals surface area contributed by atoms with Crippen LogP contribution < -0.4 is 5.32 Å². The van der Waals surface area contributed by atoms with E-state index in [9.17, 15) is 13.2 Å². The molecule has 0 radical (unpaired) electrons. The molecule has 7 heteroatoms. The van der Waals surface area contributed by atoms with Crippen molar-refractivity contribution in [1.82, 2.24) is 5.32 Å². The SMILES string of the molecule is O=C(NC1CCS(=O)(=O)C1)c1ccccc1SCc1ccco1. The maximum atomic E-state index is 12.5. The molecule has 0 aliphatic carbocycles. The van der Waals surface area contributed by atoms with E-state index in [1.807, 2.05) is 24.3 Å². The predicted octanol–water partition coefficient (Wildman–Crippen LogP) is 2.49. The first-order chi connectivity index (χ1) is 11.0. The van der Waals surface area contributed by atoms with E-state index >= 15 is 0 Å². The minimum absolute atomic E-state index is 0.0282. The Hall–Kier alpha value is -1.73. The van der Waals surface area contributed by atoms with Crippen LogP contribution in [-0.4, -0.2) is 31.9 Å². The van der Waals surface area contributed by atoms with Gasteiger partial charge in [-0.1, -0.05) is 12.1 Å². The van der Waals surface area contributed by atoms with Gasteiger partial charge in [0.2, 0.25) is 0 Å². The van der Waals surface area contributed by atoms with E-state index in [0.29, 0.717) is 17.7 Å². The third-order valence-corrected chi connectivity index (χ3v) is 6.51. The molecule has 0 saturated carbocycles. The number of amides is 1. The van der Waals surface area contributed by atoms with Crippen molar-refractivity contribution in [3.8, 4) is 0 Å². The van der Waals surface area contributed by atoms with E-state index in [4.69, 9.17) is 4.42 Å². The zero-order valence-electron chi connectivity index (χ0n) is 12.4. The van der Waals surface area contributed by atoms with E-state index < -0.39 is 9.84 Å². The quantitative estimate of drug-likeness (QED) is 0.838. The lowest BCUT2D eigenvalue weighted by atomic mass is 10.2. The average molecular weight is 351 g/mol. The Morgan fingerprint density at radius 3 is 2.78 bits per heavy atom. The minimum atomic E-state index is -3.01. The van der Waals surface area contributed by atoms with Gasteiger partial charge in [0.15, 0.2) is 9.84 Å². The van der Waals surface area contributed by atoms with Crippen LogP contribution >= 0.6 is 11.8 Å². The number of hydrogen-bond donors (Lipinski definition) is 1. The summed E-state index contributed by atoms with van der Waals surface area (Å²) in [5, 5.41) is 2.83. The molecule has 1 unspecified atom stereocenters. The topological polar surface area (TPSA) is 76.4 Å². The van der Waals surface area contributed by atoms with Crippen LogP contribution in [0.2, 0.25) is 0 Å². The van der Waals surface area contributed by atoms with Gasteiger partial charge in [-0.25, -0.2) is 8.42 Å². The van der Waals surface area contributed by atoms with Crippen LogP contribution in [0.25, 0.3) is 0 Å². The molecule has 0 bridgehead atoms. The minimum Gasteiger partial charge on any atom is -0.468 e. The highest BCUT2D eigenvalue weighted by molar-refractivity contribution is 7.98. The van der Waals surface area contributed by atoms with E-state index in [2.05, 4.69) is 5.32 Å². The highest BCUT2D eigenvalue weighted by atomic mass is 32.2. The smallest absolute Gasteiger partial charge is 0.252 e. The summed E-state index contributed by atoms with van der Waals surface area (Å²) in [6, 6.07) is 10.7. The van der Waals surface area contributed by atoms with Crippen LogP contribution in [0.5, 0.6) is 0 Å². The Kier molecular flexibility index (Phi) is 4.77. The number of rotatable bonds is 5.